The number of carbonyl (C=O) groups excluding carboxylic acids is 1. The smallest absolute Gasteiger partial charge is 0.223 e. The molecule has 3 N–H and O–H groups in total. The van der Waals surface area contributed by atoms with E-state index in [1.54, 1.807) is 19.1 Å². The number of nitrogens with one attached hydrogen (secondary N) is 1. The zero-order chi connectivity index (χ0) is 24.9. The number of anilines is 1. The van der Waals surface area contributed by atoms with Crippen molar-refractivity contribution in [3.8, 4) is 11.5 Å². The second kappa shape index (κ2) is 14.2. The largest absolute Gasteiger partial charge is 0.497 e. The fraction of sp³-hybridized carbons (Fsp3) is 0.385. The topological polar surface area (TPSA) is 80.1 Å². The summed E-state index contributed by atoms with van der Waals surface area (Å²) in [6.45, 7) is 2.48. The van der Waals surface area contributed by atoms with Crippen molar-refractivity contribution in [2.75, 3.05) is 52.8 Å². The minimum absolute atomic E-state index is 0.0206. The third-order valence-corrected chi connectivity index (χ3v) is 5.73. The molecule has 0 aromatic heterocycles. The van der Waals surface area contributed by atoms with Gasteiger partial charge in [0, 0.05) is 38.3 Å². The Morgan fingerprint density at radius 3 is 2.29 bits per heavy atom. The molecule has 0 fully saturated rings. The number of hydrogen-bond donors (Lipinski definition) is 2. The summed E-state index contributed by atoms with van der Waals surface area (Å²) in [7, 11) is 7.23. The van der Waals surface area contributed by atoms with Gasteiger partial charge in [0.2, 0.25) is 5.91 Å². The number of hydrogen-bond acceptors (Lipinski definition) is 5. The van der Waals surface area contributed by atoms with Crippen molar-refractivity contribution < 1.29 is 14.3 Å². The van der Waals surface area contributed by atoms with E-state index in [9.17, 15) is 4.79 Å². The molecule has 2 rings (SSSR count). The molecule has 0 saturated carbocycles. The standard InChI is InChI=1S/C26H36N4O3S/c1-29(16-13-21-17-23(32-3)19-24(18-21)33-4)15-6-14-28-25(31)8-5-7-20-9-11-22(12-10-20)30(2)26(27)34/h5,7,9-12,17-19H,6,8,13-16H2,1-4H3,(H2,27,34)(H,28,31). The number of ether oxygens (including phenoxy) is 2. The molecule has 0 aliphatic carbocycles. The second-order valence-corrected chi connectivity index (χ2v) is 8.49. The monoisotopic (exact) mass is 484 g/mol. The summed E-state index contributed by atoms with van der Waals surface area (Å²) >= 11 is 4.97. The summed E-state index contributed by atoms with van der Waals surface area (Å²) < 4.78 is 10.7. The molecule has 34 heavy (non-hydrogen) atoms. The maximum absolute atomic E-state index is 12.1. The molecular weight excluding hydrogens is 448 g/mol. The maximum Gasteiger partial charge on any atom is 0.223 e. The van der Waals surface area contributed by atoms with Gasteiger partial charge in [-0.15, -0.1) is 0 Å². The number of likely N-dealkylation sites (N-methyl/N-ethyl adjacent to an activating group) is 1. The molecule has 7 nitrogen and oxygen atoms in total. The molecule has 0 heterocycles. The fourth-order valence-corrected chi connectivity index (χ4v) is 3.44. The Kier molecular flexibility index (Phi) is 11.4. The molecule has 184 valence electrons. The lowest BCUT2D eigenvalue weighted by Gasteiger charge is -2.17. The quantitative estimate of drug-likeness (QED) is 0.333. The van der Waals surface area contributed by atoms with Crippen LogP contribution >= 0.6 is 12.2 Å². The summed E-state index contributed by atoms with van der Waals surface area (Å²) in [5.74, 6) is 1.62. The number of carbonyl (C=O) groups is 1. The number of benzene rings is 2. The molecular formula is C26H36N4O3S. The molecule has 2 aromatic rings. The highest BCUT2D eigenvalue weighted by molar-refractivity contribution is 7.80. The Bertz CT molecular complexity index is 941. The first-order valence-corrected chi connectivity index (χ1v) is 11.7. The molecule has 0 bridgehead atoms. The molecule has 0 aliphatic heterocycles. The van der Waals surface area contributed by atoms with Crippen LogP contribution in [-0.4, -0.2) is 63.9 Å². The maximum atomic E-state index is 12.1. The van der Waals surface area contributed by atoms with E-state index in [0.29, 0.717) is 18.1 Å². The normalized spacial score (nSPS) is 11.0. The van der Waals surface area contributed by atoms with Crippen LogP contribution in [0, 0.1) is 0 Å². The Morgan fingerprint density at radius 2 is 1.71 bits per heavy atom. The highest BCUT2D eigenvalue weighted by Gasteiger charge is 2.05. The van der Waals surface area contributed by atoms with Crippen molar-refractivity contribution in [2.45, 2.75) is 19.3 Å². The highest BCUT2D eigenvalue weighted by Crippen LogP contribution is 2.22. The summed E-state index contributed by atoms with van der Waals surface area (Å²) in [5.41, 5.74) is 8.75. The molecule has 2 aromatic carbocycles. The van der Waals surface area contributed by atoms with Crippen LogP contribution in [0.1, 0.15) is 24.0 Å². The SMILES string of the molecule is COc1cc(CCN(C)CCCNC(=O)CC=Cc2ccc(N(C)C(N)=S)cc2)cc(OC)c1. The van der Waals surface area contributed by atoms with Gasteiger partial charge in [-0.1, -0.05) is 24.3 Å². The molecule has 0 aliphatic rings. The van der Waals surface area contributed by atoms with Crippen molar-refractivity contribution in [1.82, 2.24) is 10.2 Å². The van der Waals surface area contributed by atoms with E-state index < -0.39 is 0 Å². The third kappa shape index (κ3) is 9.41. The molecule has 8 heteroatoms. The lowest BCUT2D eigenvalue weighted by Crippen LogP contribution is -2.31. The Morgan fingerprint density at radius 1 is 1.06 bits per heavy atom. The van der Waals surface area contributed by atoms with Crippen LogP contribution in [-0.2, 0) is 11.2 Å². The van der Waals surface area contributed by atoms with Gasteiger partial charge in [-0.25, -0.2) is 0 Å². The minimum atomic E-state index is 0.0206. The third-order valence-electron chi connectivity index (χ3n) is 5.46. The number of thiocarbonyl (C=S) groups is 1. The van der Waals surface area contributed by atoms with Gasteiger partial charge < -0.3 is 30.3 Å². The van der Waals surface area contributed by atoms with Crippen molar-refractivity contribution in [3.05, 3.63) is 59.7 Å². The number of rotatable bonds is 13. The van der Waals surface area contributed by atoms with Crippen molar-refractivity contribution >= 4 is 35.0 Å². The van der Waals surface area contributed by atoms with Crippen LogP contribution in [0.2, 0.25) is 0 Å². The van der Waals surface area contributed by atoms with Crippen LogP contribution in [0.4, 0.5) is 5.69 Å². The molecule has 0 saturated heterocycles. The minimum Gasteiger partial charge on any atom is -0.497 e. The van der Waals surface area contributed by atoms with Crippen LogP contribution in [0.25, 0.3) is 6.08 Å². The van der Waals surface area contributed by atoms with Crippen LogP contribution in [0.5, 0.6) is 11.5 Å². The van der Waals surface area contributed by atoms with E-state index in [0.717, 1.165) is 48.7 Å². The van der Waals surface area contributed by atoms with Gasteiger partial charge >= 0.3 is 0 Å². The average molecular weight is 485 g/mol. The average Bonchev–Trinajstić information content (AvgIpc) is 2.85. The first kappa shape index (κ1) is 27.1. The van der Waals surface area contributed by atoms with Crippen molar-refractivity contribution in [3.63, 3.8) is 0 Å². The van der Waals surface area contributed by atoms with Crippen molar-refractivity contribution in [1.29, 1.82) is 0 Å². The zero-order valence-corrected chi connectivity index (χ0v) is 21.4. The lowest BCUT2D eigenvalue weighted by molar-refractivity contribution is -0.120. The second-order valence-electron chi connectivity index (χ2n) is 8.07. The lowest BCUT2D eigenvalue weighted by atomic mass is 10.1. The first-order valence-electron chi connectivity index (χ1n) is 11.3. The zero-order valence-electron chi connectivity index (χ0n) is 20.5. The van der Waals surface area contributed by atoms with Gasteiger partial charge in [0.1, 0.15) is 11.5 Å². The molecule has 0 unspecified atom stereocenters. The number of nitrogens with two attached hydrogens (primary N) is 1. The summed E-state index contributed by atoms with van der Waals surface area (Å²) in [6.07, 6.45) is 5.95. The Hall–Kier alpha value is -3.10. The van der Waals surface area contributed by atoms with Crippen LogP contribution in [0.3, 0.4) is 0 Å². The Balaban J connectivity index is 1.64. The van der Waals surface area contributed by atoms with Gasteiger partial charge in [-0.3, -0.25) is 4.79 Å². The molecule has 0 spiro atoms. The predicted octanol–water partition coefficient (Wildman–Crippen LogP) is 3.47. The van der Waals surface area contributed by atoms with Gasteiger partial charge in [0.15, 0.2) is 5.11 Å². The molecule has 0 radical (unpaired) electrons. The van der Waals surface area contributed by atoms with Gasteiger partial charge in [-0.2, -0.15) is 0 Å². The summed E-state index contributed by atoms with van der Waals surface area (Å²) in [5, 5.41) is 3.30. The summed E-state index contributed by atoms with van der Waals surface area (Å²) in [4.78, 5) is 16.1. The van der Waals surface area contributed by atoms with E-state index in [-0.39, 0.29) is 5.91 Å². The van der Waals surface area contributed by atoms with E-state index in [1.807, 2.05) is 61.7 Å². The number of methoxy groups -OCH3 is 2. The Labute approximate surface area is 208 Å². The molecule has 0 atom stereocenters. The highest BCUT2D eigenvalue weighted by atomic mass is 32.1. The van der Waals surface area contributed by atoms with Gasteiger partial charge in [0.05, 0.1) is 14.2 Å². The van der Waals surface area contributed by atoms with Gasteiger partial charge in [0.25, 0.3) is 0 Å². The molecule has 1 amide bonds. The number of amides is 1. The van der Waals surface area contributed by atoms with E-state index in [1.165, 1.54) is 5.56 Å². The summed E-state index contributed by atoms with van der Waals surface area (Å²) in [6, 6.07) is 13.8. The predicted molar refractivity (Wildman–Crippen MR) is 144 cm³/mol. The van der Waals surface area contributed by atoms with Crippen molar-refractivity contribution in [2.24, 2.45) is 5.73 Å². The number of nitrogens with zero attached hydrogens (tertiary/aromatic N) is 2. The van der Waals surface area contributed by atoms with E-state index in [4.69, 9.17) is 27.4 Å². The van der Waals surface area contributed by atoms with Crippen LogP contribution < -0.4 is 25.4 Å². The van der Waals surface area contributed by atoms with E-state index >= 15 is 0 Å². The van der Waals surface area contributed by atoms with E-state index in [2.05, 4.69) is 17.3 Å². The fourth-order valence-electron chi connectivity index (χ4n) is 3.33. The van der Waals surface area contributed by atoms with Crippen LogP contribution in [0.15, 0.2) is 48.5 Å². The van der Waals surface area contributed by atoms with Gasteiger partial charge in [-0.05, 0) is 74.0 Å². The first-order chi connectivity index (χ1) is 16.3.